The van der Waals surface area contributed by atoms with Gasteiger partial charge in [-0.2, -0.15) is 0 Å². The van der Waals surface area contributed by atoms with Crippen LogP contribution < -0.4 is 0 Å². The maximum atomic E-state index is 10.3. The zero-order valence-electron chi connectivity index (χ0n) is 5.87. The van der Waals surface area contributed by atoms with Gasteiger partial charge in [-0.3, -0.25) is 0 Å². The summed E-state index contributed by atoms with van der Waals surface area (Å²) in [5.41, 5.74) is -1.20. The highest BCUT2D eigenvalue weighted by Gasteiger charge is 2.06. The Bertz CT molecular complexity index is 175. The van der Waals surface area contributed by atoms with Crippen molar-refractivity contribution in [2.75, 3.05) is 6.61 Å². The van der Waals surface area contributed by atoms with Crippen molar-refractivity contribution >= 4 is 23.2 Å². The smallest absolute Gasteiger partial charge is 0.430 e. The fourth-order valence-electron chi connectivity index (χ4n) is 0.307. The van der Waals surface area contributed by atoms with Crippen LogP contribution in [0.5, 0.6) is 0 Å². The van der Waals surface area contributed by atoms with Crippen molar-refractivity contribution in [3.63, 3.8) is 0 Å². The average Bonchev–Trinajstić information content (AvgIpc) is 1.86. The summed E-state index contributed by atoms with van der Waals surface area (Å²) in [5.74, 6) is 0. The summed E-state index contributed by atoms with van der Waals surface area (Å²) in [6.45, 7) is 1.83. The van der Waals surface area contributed by atoms with Crippen molar-refractivity contribution in [3.8, 4) is 0 Å². The third kappa shape index (κ3) is 6.86. The molecular formula is C6H7ClO4. The predicted molar refractivity (Wildman–Crippen MR) is 38.5 cm³/mol. The molecule has 0 heterocycles. The molecule has 0 unspecified atom stereocenters. The molecule has 0 bridgehead atoms. The summed E-state index contributed by atoms with van der Waals surface area (Å²) in [5, 5.41) is 0. The van der Waals surface area contributed by atoms with E-state index in [0.29, 0.717) is 0 Å². The standard InChI is InChI=1S/C6H7ClO4/c1-2-3-4-10-6(9)11-5(7)8/h2-3H,4H2,1H3/b3-2+. The van der Waals surface area contributed by atoms with Crippen LogP contribution in [0.15, 0.2) is 12.2 Å². The highest BCUT2D eigenvalue weighted by molar-refractivity contribution is 6.61. The molecule has 0 radical (unpaired) electrons. The fourth-order valence-corrected chi connectivity index (χ4v) is 0.370. The summed E-state index contributed by atoms with van der Waals surface area (Å²) in [7, 11) is 0. The van der Waals surface area contributed by atoms with Crippen LogP contribution in [-0.2, 0) is 9.47 Å². The number of hydrogen-bond donors (Lipinski definition) is 0. The lowest BCUT2D eigenvalue weighted by molar-refractivity contribution is 0.0917. The number of hydrogen-bond acceptors (Lipinski definition) is 4. The van der Waals surface area contributed by atoms with E-state index in [1.54, 1.807) is 19.1 Å². The van der Waals surface area contributed by atoms with E-state index < -0.39 is 11.6 Å². The van der Waals surface area contributed by atoms with Gasteiger partial charge in [-0.15, -0.1) is 0 Å². The first kappa shape index (κ1) is 9.97. The Hall–Kier alpha value is -1.03. The SMILES string of the molecule is C/C=C/COC(=O)OC(=O)Cl. The second kappa shape index (κ2) is 5.73. The van der Waals surface area contributed by atoms with Gasteiger partial charge in [0.15, 0.2) is 0 Å². The number of carbonyl (C=O) groups excluding carboxylic acids is 2. The first-order chi connectivity index (χ1) is 5.16. The third-order valence-corrected chi connectivity index (χ3v) is 0.774. The summed E-state index contributed by atoms with van der Waals surface area (Å²) < 4.78 is 8.17. The van der Waals surface area contributed by atoms with Gasteiger partial charge in [0, 0.05) is 11.6 Å². The largest absolute Gasteiger partial charge is 0.517 e. The van der Waals surface area contributed by atoms with Gasteiger partial charge in [0.1, 0.15) is 6.61 Å². The number of ether oxygens (including phenoxy) is 2. The van der Waals surface area contributed by atoms with Gasteiger partial charge in [0.2, 0.25) is 0 Å². The Morgan fingerprint density at radius 1 is 1.55 bits per heavy atom. The molecule has 0 fully saturated rings. The van der Waals surface area contributed by atoms with Crippen LogP contribution in [0.4, 0.5) is 9.59 Å². The van der Waals surface area contributed by atoms with E-state index in [9.17, 15) is 9.59 Å². The van der Waals surface area contributed by atoms with Gasteiger partial charge >= 0.3 is 11.6 Å². The molecule has 0 N–H and O–H groups in total. The van der Waals surface area contributed by atoms with Crippen molar-refractivity contribution in [1.82, 2.24) is 0 Å². The Kier molecular flexibility index (Phi) is 5.20. The average molecular weight is 179 g/mol. The van der Waals surface area contributed by atoms with Crippen molar-refractivity contribution in [3.05, 3.63) is 12.2 Å². The molecule has 0 saturated carbocycles. The minimum atomic E-state index is -1.20. The van der Waals surface area contributed by atoms with Gasteiger partial charge < -0.3 is 9.47 Å². The molecule has 0 spiro atoms. The first-order valence-corrected chi connectivity index (χ1v) is 3.20. The molecule has 4 nitrogen and oxygen atoms in total. The quantitative estimate of drug-likeness (QED) is 0.281. The molecule has 0 aromatic carbocycles. The second-order valence-electron chi connectivity index (χ2n) is 1.47. The molecule has 0 aliphatic heterocycles. The Balaban J connectivity index is 3.45. The zero-order valence-corrected chi connectivity index (χ0v) is 6.63. The highest BCUT2D eigenvalue weighted by atomic mass is 35.5. The molecule has 62 valence electrons. The topological polar surface area (TPSA) is 52.6 Å². The van der Waals surface area contributed by atoms with Crippen LogP contribution in [0.2, 0.25) is 0 Å². The fraction of sp³-hybridized carbons (Fsp3) is 0.333. The van der Waals surface area contributed by atoms with E-state index in [0.717, 1.165) is 0 Å². The van der Waals surface area contributed by atoms with Crippen molar-refractivity contribution in [2.45, 2.75) is 6.92 Å². The van der Waals surface area contributed by atoms with Gasteiger partial charge in [0.25, 0.3) is 0 Å². The molecule has 0 atom stereocenters. The van der Waals surface area contributed by atoms with Crippen LogP contribution in [0.25, 0.3) is 0 Å². The summed E-state index contributed by atoms with van der Waals surface area (Å²) >= 11 is 4.71. The lowest BCUT2D eigenvalue weighted by Gasteiger charge is -1.97. The van der Waals surface area contributed by atoms with Gasteiger partial charge in [-0.05, 0) is 6.92 Å². The molecule has 0 saturated heterocycles. The van der Waals surface area contributed by atoms with Crippen molar-refractivity contribution < 1.29 is 19.1 Å². The van der Waals surface area contributed by atoms with Crippen LogP contribution in [0.3, 0.4) is 0 Å². The van der Waals surface area contributed by atoms with E-state index in [4.69, 9.17) is 11.6 Å². The molecule has 11 heavy (non-hydrogen) atoms. The van der Waals surface area contributed by atoms with Crippen LogP contribution in [0.1, 0.15) is 6.92 Å². The van der Waals surface area contributed by atoms with E-state index in [2.05, 4.69) is 9.47 Å². The maximum Gasteiger partial charge on any atom is 0.517 e. The molecule has 0 rings (SSSR count). The zero-order chi connectivity index (χ0) is 8.69. The van der Waals surface area contributed by atoms with Gasteiger partial charge in [-0.25, -0.2) is 9.59 Å². The van der Waals surface area contributed by atoms with Crippen LogP contribution in [0, 0.1) is 0 Å². The normalized spacial score (nSPS) is 9.64. The van der Waals surface area contributed by atoms with Crippen molar-refractivity contribution in [1.29, 1.82) is 0 Å². The molecule has 0 amide bonds. The molecule has 5 heteroatoms. The molecule has 0 aliphatic rings. The summed E-state index contributed by atoms with van der Waals surface area (Å²) in [6, 6.07) is 0. The predicted octanol–water partition coefficient (Wildman–Crippen LogP) is 2.07. The molecule has 0 aliphatic carbocycles. The monoisotopic (exact) mass is 178 g/mol. The molecule has 0 aromatic rings. The first-order valence-electron chi connectivity index (χ1n) is 2.82. The van der Waals surface area contributed by atoms with E-state index >= 15 is 0 Å². The van der Waals surface area contributed by atoms with E-state index in [1.807, 2.05) is 0 Å². The summed E-state index contributed by atoms with van der Waals surface area (Å²) in [4.78, 5) is 20.3. The Labute approximate surface area is 68.7 Å². The highest BCUT2D eigenvalue weighted by Crippen LogP contribution is 1.91. The number of halogens is 1. The lowest BCUT2D eigenvalue weighted by atomic mass is 10.6. The van der Waals surface area contributed by atoms with Crippen LogP contribution in [-0.4, -0.2) is 18.2 Å². The van der Waals surface area contributed by atoms with Crippen LogP contribution >= 0.6 is 11.6 Å². The molecular weight excluding hydrogens is 172 g/mol. The van der Waals surface area contributed by atoms with Gasteiger partial charge in [0.05, 0.1) is 0 Å². The minimum absolute atomic E-state index is 0.0690. The summed E-state index contributed by atoms with van der Waals surface area (Å²) in [6.07, 6.45) is 2.18. The number of allylic oxidation sites excluding steroid dienone is 1. The maximum absolute atomic E-state index is 10.3. The number of rotatable bonds is 2. The Morgan fingerprint density at radius 3 is 2.64 bits per heavy atom. The third-order valence-electron chi connectivity index (χ3n) is 0.697. The molecule has 0 aromatic heterocycles. The van der Waals surface area contributed by atoms with Gasteiger partial charge in [-0.1, -0.05) is 12.2 Å². The second-order valence-corrected chi connectivity index (χ2v) is 1.78. The lowest BCUT2D eigenvalue weighted by Crippen LogP contribution is -2.08. The number of carbonyl (C=O) groups is 2. The van der Waals surface area contributed by atoms with E-state index in [-0.39, 0.29) is 6.61 Å². The van der Waals surface area contributed by atoms with E-state index in [1.165, 1.54) is 0 Å². The Morgan fingerprint density at radius 2 is 2.18 bits per heavy atom. The minimum Gasteiger partial charge on any atom is -0.430 e. The van der Waals surface area contributed by atoms with Crippen molar-refractivity contribution in [2.24, 2.45) is 0 Å².